The van der Waals surface area contributed by atoms with E-state index in [0.717, 1.165) is 6.42 Å². The van der Waals surface area contributed by atoms with Crippen LogP contribution in [-0.2, 0) is 9.47 Å². The van der Waals surface area contributed by atoms with Crippen molar-refractivity contribution in [1.82, 2.24) is 0 Å². The fourth-order valence-electron chi connectivity index (χ4n) is 0.438. The molecule has 0 spiro atoms. The Balaban J connectivity index is 3.30. The van der Waals surface area contributed by atoms with Gasteiger partial charge in [-0.25, -0.2) is 4.79 Å². The topological polar surface area (TPSA) is 61.5 Å². The Labute approximate surface area is 66.7 Å². The lowest BCUT2D eigenvalue weighted by Gasteiger charge is -2.08. The largest absolute Gasteiger partial charge is 0.509 e. The molecule has 11 heavy (non-hydrogen) atoms. The van der Waals surface area contributed by atoms with Crippen LogP contribution in [0.4, 0.5) is 4.79 Å². The second-order valence-corrected chi connectivity index (χ2v) is 2.39. The fourth-order valence-corrected chi connectivity index (χ4v) is 0.438. The molecule has 0 fully saturated rings. The number of ether oxygens (including phenoxy) is 2. The fraction of sp³-hybridized carbons (Fsp3) is 0.857. The molecule has 0 saturated carbocycles. The monoisotopic (exact) mass is 161 g/mol. The molecule has 0 radical (unpaired) electrons. The van der Waals surface area contributed by atoms with Crippen LogP contribution < -0.4 is 5.73 Å². The number of hydrogen-bond acceptors (Lipinski definition) is 4. The standard InChI is InChI=1S/C7H15NO3/c1-3-6(2)4-10-7(9)11-5-8/h6H,3-5,8H2,1-2H3. The van der Waals surface area contributed by atoms with Gasteiger partial charge in [-0.1, -0.05) is 20.3 Å². The molecule has 0 saturated heterocycles. The van der Waals surface area contributed by atoms with Gasteiger partial charge < -0.3 is 9.47 Å². The molecule has 0 aliphatic heterocycles. The minimum absolute atomic E-state index is 0.126. The summed E-state index contributed by atoms with van der Waals surface area (Å²) in [5.41, 5.74) is 4.95. The third kappa shape index (κ3) is 5.66. The molecule has 0 aliphatic carbocycles. The van der Waals surface area contributed by atoms with Gasteiger partial charge in [0.2, 0.25) is 0 Å². The van der Waals surface area contributed by atoms with E-state index < -0.39 is 6.16 Å². The van der Waals surface area contributed by atoms with Crippen LogP contribution in [-0.4, -0.2) is 19.5 Å². The average molecular weight is 161 g/mol. The predicted molar refractivity (Wildman–Crippen MR) is 40.9 cm³/mol. The van der Waals surface area contributed by atoms with E-state index in [1.807, 2.05) is 13.8 Å². The first-order valence-corrected chi connectivity index (χ1v) is 3.70. The molecule has 0 aliphatic rings. The summed E-state index contributed by atoms with van der Waals surface area (Å²) in [5, 5.41) is 0. The van der Waals surface area contributed by atoms with Crippen LogP contribution in [0.25, 0.3) is 0 Å². The first-order valence-electron chi connectivity index (χ1n) is 3.70. The summed E-state index contributed by atoms with van der Waals surface area (Å²) in [4.78, 5) is 10.5. The highest BCUT2D eigenvalue weighted by atomic mass is 16.7. The zero-order valence-electron chi connectivity index (χ0n) is 7.00. The quantitative estimate of drug-likeness (QED) is 0.495. The maximum absolute atomic E-state index is 10.5. The van der Waals surface area contributed by atoms with E-state index in [0.29, 0.717) is 12.5 Å². The number of carbonyl (C=O) groups excluding carboxylic acids is 1. The minimum Gasteiger partial charge on any atom is -0.434 e. The Morgan fingerprint density at radius 3 is 2.64 bits per heavy atom. The van der Waals surface area contributed by atoms with Gasteiger partial charge in [0.15, 0.2) is 0 Å². The highest BCUT2D eigenvalue weighted by Crippen LogP contribution is 2.00. The maximum atomic E-state index is 10.5. The van der Waals surface area contributed by atoms with E-state index in [1.165, 1.54) is 0 Å². The van der Waals surface area contributed by atoms with E-state index in [-0.39, 0.29) is 6.73 Å². The zero-order valence-corrected chi connectivity index (χ0v) is 7.00. The number of rotatable bonds is 4. The second-order valence-electron chi connectivity index (χ2n) is 2.39. The Hall–Kier alpha value is -0.770. The normalized spacial score (nSPS) is 12.3. The van der Waals surface area contributed by atoms with E-state index in [4.69, 9.17) is 10.5 Å². The molecule has 0 aromatic heterocycles. The summed E-state index contributed by atoms with van der Waals surface area (Å²) in [7, 11) is 0. The molecule has 0 bridgehead atoms. The van der Waals surface area contributed by atoms with Crippen molar-refractivity contribution in [3.05, 3.63) is 0 Å². The van der Waals surface area contributed by atoms with Crippen LogP contribution in [0.5, 0.6) is 0 Å². The number of carbonyl (C=O) groups is 1. The van der Waals surface area contributed by atoms with Crippen molar-refractivity contribution in [3.63, 3.8) is 0 Å². The highest BCUT2D eigenvalue weighted by Gasteiger charge is 2.04. The average Bonchev–Trinajstić information content (AvgIpc) is 2.01. The molecular weight excluding hydrogens is 146 g/mol. The molecule has 0 amide bonds. The molecule has 0 heterocycles. The van der Waals surface area contributed by atoms with Gasteiger partial charge in [0, 0.05) is 0 Å². The van der Waals surface area contributed by atoms with Crippen molar-refractivity contribution in [2.45, 2.75) is 20.3 Å². The smallest absolute Gasteiger partial charge is 0.434 e. The molecule has 0 rings (SSSR count). The van der Waals surface area contributed by atoms with E-state index in [2.05, 4.69) is 4.74 Å². The van der Waals surface area contributed by atoms with Crippen LogP contribution in [0.15, 0.2) is 0 Å². The highest BCUT2D eigenvalue weighted by molar-refractivity contribution is 5.59. The molecule has 4 heteroatoms. The summed E-state index contributed by atoms with van der Waals surface area (Å²) >= 11 is 0. The maximum Gasteiger partial charge on any atom is 0.509 e. The van der Waals surface area contributed by atoms with Gasteiger partial charge in [0.05, 0.1) is 6.61 Å². The summed E-state index contributed by atoms with van der Waals surface area (Å²) in [5.74, 6) is 0.375. The van der Waals surface area contributed by atoms with E-state index in [1.54, 1.807) is 0 Å². The number of hydrogen-bond donors (Lipinski definition) is 1. The molecule has 0 aromatic carbocycles. The van der Waals surface area contributed by atoms with Crippen LogP contribution >= 0.6 is 0 Å². The summed E-state index contributed by atoms with van der Waals surface area (Å²) in [6.07, 6.45) is 0.295. The number of nitrogens with two attached hydrogens (primary N) is 1. The predicted octanol–water partition coefficient (Wildman–Crippen LogP) is 1.10. The molecule has 66 valence electrons. The van der Waals surface area contributed by atoms with Gasteiger partial charge in [-0.05, 0) is 5.92 Å². The van der Waals surface area contributed by atoms with Crippen LogP contribution in [0.1, 0.15) is 20.3 Å². The third-order valence-corrected chi connectivity index (χ3v) is 1.38. The second kappa shape index (κ2) is 5.97. The Morgan fingerprint density at radius 2 is 2.18 bits per heavy atom. The molecule has 2 N–H and O–H groups in total. The lowest BCUT2D eigenvalue weighted by Crippen LogP contribution is -2.16. The molecular formula is C7H15NO3. The first-order chi connectivity index (χ1) is 5.20. The van der Waals surface area contributed by atoms with Crippen molar-refractivity contribution < 1.29 is 14.3 Å². The van der Waals surface area contributed by atoms with Crippen molar-refractivity contribution in [2.24, 2.45) is 11.7 Å². The van der Waals surface area contributed by atoms with Crippen molar-refractivity contribution in [3.8, 4) is 0 Å². The van der Waals surface area contributed by atoms with E-state index in [9.17, 15) is 4.79 Å². The lowest BCUT2D eigenvalue weighted by atomic mass is 10.1. The van der Waals surface area contributed by atoms with Gasteiger partial charge in [0.1, 0.15) is 6.73 Å². The van der Waals surface area contributed by atoms with Gasteiger partial charge in [-0.3, -0.25) is 5.73 Å². The van der Waals surface area contributed by atoms with Crippen molar-refractivity contribution in [2.75, 3.05) is 13.3 Å². The summed E-state index contributed by atoms with van der Waals surface area (Å²) in [6.45, 7) is 4.30. The molecule has 4 nitrogen and oxygen atoms in total. The van der Waals surface area contributed by atoms with Crippen LogP contribution in [0, 0.1) is 5.92 Å². The Kier molecular flexibility index (Phi) is 5.56. The molecule has 0 aromatic rings. The minimum atomic E-state index is -0.687. The molecule has 1 atom stereocenters. The van der Waals surface area contributed by atoms with Gasteiger partial charge in [0.25, 0.3) is 0 Å². The van der Waals surface area contributed by atoms with E-state index >= 15 is 0 Å². The summed E-state index contributed by atoms with van der Waals surface area (Å²) < 4.78 is 9.05. The van der Waals surface area contributed by atoms with Crippen LogP contribution in [0.3, 0.4) is 0 Å². The lowest BCUT2D eigenvalue weighted by molar-refractivity contribution is 0.0473. The molecule has 1 unspecified atom stereocenters. The first kappa shape index (κ1) is 10.2. The van der Waals surface area contributed by atoms with Crippen LogP contribution in [0.2, 0.25) is 0 Å². The van der Waals surface area contributed by atoms with Crippen molar-refractivity contribution >= 4 is 6.16 Å². The Morgan fingerprint density at radius 1 is 1.55 bits per heavy atom. The SMILES string of the molecule is CCC(C)COC(=O)OCN. The van der Waals surface area contributed by atoms with Crippen molar-refractivity contribution in [1.29, 1.82) is 0 Å². The Bertz CT molecular complexity index is 116. The summed E-state index contributed by atoms with van der Waals surface area (Å²) in [6, 6.07) is 0. The van der Waals surface area contributed by atoms with Gasteiger partial charge >= 0.3 is 6.16 Å². The zero-order chi connectivity index (χ0) is 8.69. The van der Waals surface area contributed by atoms with Gasteiger partial charge in [-0.2, -0.15) is 0 Å². The van der Waals surface area contributed by atoms with Gasteiger partial charge in [-0.15, -0.1) is 0 Å². The third-order valence-electron chi connectivity index (χ3n) is 1.38.